The fraction of sp³-hybridized carbons (Fsp3) is 0.588. The van der Waals surface area contributed by atoms with Gasteiger partial charge in [0.1, 0.15) is 0 Å². The molecule has 2 fully saturated rings. The molecule has 1 saturated heterocycles. The highest BCUT2D eigenvalue weighted by Crippen LogP contribution is 2.33. The van der Waals surface area contributed by atoms with Gasteiger partial charge < -0.3 is 10.6 Å². The van der Waals surface area contributed by atoms with E-state index in [1.807, 2.05) is 7.05 Å². The van der Waals surface area contributed by atoms with Crippen LogP contribution in [-0.4, -0.2) is 42.6 Å². The normalized spacial score (nSPS) is 25.1. The molecule has 0 aromatic heterocycles. The summed E-state index contributed by atoms with van der Waals surface area (Å²) in [6, 6.07) is 10.4. The summed E-state index contributed by atoms with van der Waals surface area (Å²) in [4.78, 5) is 7.01. The summed E-state index contributed by atoms with van der Waals surface area (Å²) in [5.74, 6) is 0.901. The fourth-order valence-corrected chi connectivity index (χ4v) is 3.52. The van der Waals surface area contributed by atoms with E-state index < -0.39 is 0 Å². The third-order valence-corrected chi connectivity index (χ3v) is 5.11. The molecule has 1 aliphatic carbocycles. The Labute approximate surface area is 164 Å². The zero-order chi connectivity index (χ0) is 15.5. The van der Waals surface area contributed by atoms with Crippen LogP contribution < -0.4 is 10.6 Å². The van der Waals surface area contributed by atoms with Gasteiger partial charge in [0, 0.05) is 42.7 Å². The Balaban J connectivity index is 0.00000192. The van der Waals surface area contributed by atoms with Crippen molar-refractivity contribution in [2.75, 3.05) is 13.6 Å². The molecule has 1 aliphatic heterocycles. The average molecular weight is 493 g/mol. The molecule has 0 bridgehead atoms. The van der Waals surface area contributed by atoms with E-state index in [1.165, 1.54) is 24.8 Å². The van der Waals surface area contributed by atoms with Crippen LogP contribution in [0.2, 0.25) is 0 Å². The first kappa shape index (κ1) is 19.0. The highest BCUT2D eigenvalue weighted by Gasteiger charge is 2.38. The van der Waals surface area contributed by atoms with Gasteiger partial charge in [-0.2, -0.15) is 0 Å². The Bertz CT molecular complexity index is 530. The maximum absolute atomic E-state index is 4.36. The number of nitrogens with zero attached hydrogens (tertiary/aromatic N) is 2. The van der Waals surface area contributed by atoms with E-state index in [0.717, 1.165) is 29.6 Å². The Morgan fingerprint density at radius 3 is 2.61 bits per heavy atom. The van der Waals surface area contributed by atoms with Gasteiger partial charge in [0.2, 0.25) is 0 Å². The number of rotatable bonds is 4. The molecule has 0 amide bonds. The largest absolute Gasteiger partial charge is 0.352 e. The van der Waals surface area contributed by atoms with Crippen LogP contribution in [0.25, 0.3) is 0 Å². The standard InChI is InChI=1S/C17H25BrN4.HI/c1-12-9-15(11-22(12)16-7-8-16)21-17(19-2)20-10-13-3-5-14(18)6-4-13;/h3-6,12,15-16H,7-11H2,1-2H3,(H2,19,20,21);1H. The van der Waals surface area contributed by atoms with Gasteiger partial charge in [0.25, 0.3) is 0 Å². The Morgan fingerprint density at radius 2 is 2.00 bits per heavy atom. The summed E-state index contributed by atoms with van der Waals surface area (Å²) in [5.41, 5.74) is 1.26. The lowest BCUT2D eigenvalue weighted by Gasteiger charge is -2.20. The minimum Gasteiger partial charge on any atom is -0.352 e. The van der Waals surface area contributed by atoms with Gasteiger partial charge in [-0.3, -0.25) is 9.89 Å². The molecule has 2 atom stereocenters. The van der Waals surface area contributed by atoms with Crippen molar-refractivity contribution >= 4 is 45.9 Å². The Kier molecular flexibility index (Phi) is 7.16. The topological polar surface area (TPSA) is 39.7 Å². The SMILES string of the molecule is CN=C(NCc1ccc(Br)cc1)NC1CC(C)N(C2CC2)C1.I. The van der Waals surface area contributed by atoms with Crippen molar-refractivity contribution in [2.24, 2.45) is 4.99 Å². The van der Waals surface area contributed by atoms with Crippen LogP contribution in [0.5, 0.6) is 0 Å². The van der Waals surface area contributed by atoms with Gasteiger partial charge in [0.15, 0.2) is 5.96 Å². The maximum atomic E-state index is 4.36. The molecule has 23 heavy (non-hydrogen) atoms. The van der Waals surface area contributed by atoms with Crippen molar-refractivity contribution in [3.8, 4) is 0 Å². The molecule has 2 aliphatic rings. The number of benzene rings is 1. The van der Waals surface area contributed by atoms with Crippen molar-refractivity contribution < 1.29 is 0 Å². The van der Waals surface area contributed by atoms with E-state index in [-0.39, 0.29) is 24.0 Å². The molecule has 6 heteroatoms. The molecule has 1 heterocycles. The fourth-order valence-electron chi connectivity index (χ4n) is 3.25. The Hall–Kier alpha value is -0.340. The van der Waals surface area contributed by atoms with Crippen molar-refractivity contribution in [3.05, 3.63) is 34.3 Å². The van der Waals surface area contributed by atoms with Gasteiger partial charge in [0.05, 0.1) is 0 Å². The third kappa shape index (κ3) is 5.32. The first-order valence-electron chi connectivity index (χ1n) is 8.13. The second-order valence-electron chi connectivity index (χ2n) is 6.41. The van der Waals surface area contributed by atoms with Crippen LogP contribution in [0.15, 0.2) is 33.7 Å². The quantitative estimate of drug-likeness (QED) is 0.384. The van der Waals surface area contributed by atoms with Crippen LogP contribution in [0.3, 0.4) is 0 Å². The van der Waals surface area contributed by atoms with Gasteiger partial charge in [-0.15, -0.1) is 24.0 Å². The number of likely N-dealkylation sites (tertiary alicyclic amines) is 1. The van der Waals surface area contributed by atoms with Crippen LogP contribution in [0.4, 0.5) is 0 Å². The Morgan fingerprint density at radius 1 is 1.30 bits per heavy atom. The highest BCUT2D eigenvalue weighted by molar-refractivity contribution is 14.0. The molecule has 0 radical (unpaired) electrons. The summed E-state index contributed by atoms with van der Waals surface area (Å²) >= 11 is 3.46. The average Bonchev–Trinajstić information content (AvgIpc) is 3.29. The molecular weight excluding hydrogens is 467 g/mol. The highest BCUT2D eigenvalue weighted by atomic mass is 127. The number of hydrogen-bond donors (Lipinski definition) is 2. The van der Waals surface area contributed by atoms with Crippen molar-refractivity contribution in [1.82, 2.24) is 15.5 Å². The summed E-state index contributed by atoms with van der Waals surface area (Å²) in [6.07, 6.45) is 3.97. The van der Waals surface area contributed by atoms with E-state index in [4.69, 9.17) is 0 Å². The van der Waals surface area contributed by atoms with Gasteiger partial charge in [-0.25, -0.2) is 0 Å². The van der Waals surface area contributed by atoms with E-state index in [0.29, 0.717) is 12.1 Å². The zero-order valence-corrected chi connectivity index (χ0v) is 17.7. The molecule has 1 aromatic rings. The number of aliphatic imine (C=N–C) groups is 1. The third-order valence-electron chi connectivity index (χ3n) is 4.58. The summed E-state index contributed by atoms with van der Waals surface area (Å²) in [5, 5.41) is 6.99. The second-order valence-corrected chi connectivity index (χ2v) is 7.32. The number of nitrogens with one attached hydrogen (secondary N) is 2. The number of hydrogen-bond acceptors (Lipinski definition) is 2. The smallest absolute Gasteiger partial charge is 0.191 e. The lowest BCUT2D eigenvalue weighted by Crippen LogP contribution is -2.44. The van der Waals surface area contributed by atoms with Crippen molar-refractivity contribution in [2.45, 2.75) is 50.9 Å². The minimum absolute atomic E-state index is 0. The van der Waals surface area contributed by atoms with Crippen molar-refractivity contribution in [3.63, 3.8) is 0 Å². The maximum Gasteiger partial charge on any atom is 0.191 e. The van der Waals surface area contributed by atoms with Gasteiger partial charge >= 0.3 is 0 Å². The predicted octanol–water partition coefficient (Wildman–Crippen LogP) is 3.36. The summed E-state index contributed by atoms with van der Waals surface area (Å²) < 4.78 is 1.11. The summed E-state index contributed by atoms with van der Waals surface area (Å²) in [7, 11) is 1.84. The molecule has 2 unspecified atom stereocenters. The minimum atomic E-state index is 0. The van der Waals surface area contributed by atoms with Crippen LogP contribution in [0, 0.1) is 0 Å². The molecule has 4 nitrogen and oxygen atoms in total. The van der Waals surface area contributed by atoms with E-state index >= 15 is 0 Å². The van der Waals surface area contributed by atoms with Crippen molar-refractivity contribution in [1.29, 1.82) is 0 Å². The first-order chi connectivity index (χ1) is 10.7. The lowest BCUT2D eigenvalue weighted by molar-refractivity contribution is 0.256. The number of guanidine groups is 1. The van der Waals surface area contributed by atoms with Crippen LogP contribution in [0.1, 0.15) is 31.7 Å². The molecule has 0 spiro atoms. The monoisotopic (exact) mass is 492 g/mol. The molecule has 3 rings (SSSR count). The number of halogens is 2. The lowest BCUT2D eigenvalue weighted by atomic mass is 10.2. The van der Waals surface area contributed by atoms with Crippen LogP contribution in [-0.2, 0) is 6.54 Å². The molecule has 1 aromatic carbocycles. The van der Waals surface area contributed by atoms with E-state index in [9.17, 15) is 0 Å². The van der Waals surface area contributed by atoms with E-state index in [1.54, 1.807) is 0 Å². The summed E-state index contributed by atoms with van der Waals surface area (Å²) in [6.45, 7) is 4.28. The van der Waals surface area contributed by atoms with Crippen LogP contribution >= 0.6 is 39.9 Å². The molecular formula is C17H26BrIN4. The van der Waals surface area contributed by atoms with Gasteiger partial charge in [-0.05, 0) is 43.9 Å². The first-order valence-corrected chi connectivity index (χ1v) is 8.92. The predicted molar refractivity (Wildman–Crippen MR) is 110 cm³/mol. The molecule has 1 saturated carbocycles. The van der Waals surface area contributed by atoms with Gasteiger partial charge in [-0.1, -0.05) is 28.1 Å². The molecule has 128 valence electrons. The van der Waals surface area contributed by atoms with E-state index in [2.05, 4.69) is 67.6 Å². The second kappa shape index (κ2) is 8.67. The zero-order valence-electron chi connectivity index (χ0n) is 13.8. The molecule has 2 N–H and O–H groups in total.